The number of likely N-dealkylation sites (N-methyl/N-ethyl adjacent to an activating group) is 1. The highest BCUT2D eigenvalue weighted by atomic mass is 32.1. The summed E-state index contributed by atoms with van der Waals surface area (Å²) in [6.07, 6.45) is 2.29. The van der Waals surface area contributed by atoms with Crippen molar-refractivity contribution in [3.05, 3.63) is 40.2 Å². The number of carbonyl (C=O) groups is 1. The lowest BCUT2D eigenvalue weighted by atomic mass is 10.1. The van der Waals surface area contributed by atoms with E-state index in [1.807, 2.05) is 23.4 Å². The number of hydrogen-bond acceptors (Lipinski definition) is 5. The monoisotopic (exact) mass is 291 g/mol. The van der Waals surface area contributed by atoms with Crippen LogP contribution in [0.3, 0.4) is 0 Å². The molecule has 1 unspecified atom stereocenters. The number of nitrogens with two attached hydrogens (primary N) is 1. The van der Waals surface area contributed by atoms with Gasteiger partial charge in [-0.05, 0) is 24.4 Å². The van der Waals surface area contributed by atoms with Gasteiger partial charge in [-0.25, -0.2) is 9.78 Å². The second-order valence-electron chi connectivity index (χ2n) is 4.68. The van der Waals surface area contributed by atoms with Crippen molar-refractivity contribution >= 4 is 28.8 Å². The first-order chi connectivity index (χ1) is 9.49. The highest BCUT2D eigenvalue weighted by Gasteiger charge is 2.16. The number of aromatic nitrogens is 1. The molecule has 0 aliphatic carbocycles. The molecule has 2 rings (SSSR count). The average molecular weight is 291 g/mol. The van der Waals surface area contributed by atoms with Crippen LogP contribution < -0.4 is 10.6 Å². The van der Waals surface area contributed by atoms with Gasteiger partial charge in [0.05, 0.1) is 17.4 Å². The maximum Gasteiger partial charge on any atom is 0.337 e. The molecule has 0 bridgehead atoms. The van der Waals surface area contributed by atoms with Crippen molar-refractivity contribution in [3.63, 3.8) is 0 Å². The van der Waals surface area contributed by atoms with Crippen molar-refractivity contribution in [2.45, 2.75) is 19.4 Å². The van der Waals surface area contributed by atoms with E-state index in [1.165, 1.54) is 17.1 Å². The quantitative estimate of drug-likeness (QED) is 0.884. The molecular weight excluding hydrogens is 274 g/mol. The zero-order valence-electron chi connectivity index (χ0n) is 11.4. The number of thiophene rings is 1. The summed E-state index contributed by atoms with van der Waals surface area (Å²) >= 11 is 1.71. The molecular formula is C14H17N3O2S. The van der Waals surface area contributed by atoms with Crippen LogP contribution in [0.15, 0.2) is 29.8 Å². The number of nitrogen functional groups attached to an aromatic ring is 1. The number of pyridine rings is 1. The van der Waals surface area contributed by atoms with Crippen LogP contribution in [-0.4, -0.2) is 29.1 Å². The third-order valence-electron chi connectivity index (χ3n) is 3.25. The fourth-order valence-electron chi connectivity index (χ4n) is 1.92. The molecule has 5 nitrogen and oxygen atoms in total. The minimum absolute atomic E-state index is 0.0881. The molecule has 1 atom stereocenters. The zero-order chi connectivity index (χ0) is 14.7. The zero-order valence-corrected chi connectivity index (χ0v) is 12.2. The molecule has 2 heterocycles. The van der Waals surface area contributed by atoms with Gasteiger partial charge >= 0.3 is 5.97 Å². The maximum atomic E-state index is 11.1. The Balaban J connectivity index is 2.18. The molecule has 0 aromatic carbocycles. The molecule has 2 aromatic rings. The Morgan fingerprint density at radius 1 is 1.60 bits per heavy atom. The predicted octanol–water partition coefficient (Wildman–Crippen LogP) is 2.49. The van der Waals surface area contributed by atoms with Gasteiger partial charge in [-0.1, -0.05) is 6.07 Å². The molecule has 0 radical (unpaired) electrons. The fraction of sp³-hybridized carbons (Fsp3) is 0.286. The first kappa shape index (κ1) is 14.3. The molecule has 0 saturated carbocycles. The average Bonchev–Trinajstić information content (AvgIpc) is 2.91. The van der Waals surface area contributed by atoms with E-state index in [1.54, 1.807) is 11.3 Å². The van der Waals surface area contributed by atoms with Gasteiger partial charge in [0, 0.05) is 24.4 Å². The molecule has 0 saturated heterocycles. The van der Waals surface area contributed by atoms with E-state index in [4.69, 9.17) is 10.8 Å². The maximum absolute atomic E-state index is 11.1. The fourth-order valence-corrected chi connectivity index (χ4v) is 2.74. The Labute approximate surface area is 121 Å². The number of rotatable bonds is 5. The lowest BCUT2D eigenvalue weighted by molar-refractivity contribution is 0.0698. The number of hydrogen-bond donors (Lipinski definition) is 2. The van der Waals surface area contributed by atoms with Gasteiger partial charge < -0.3 is 15.7 Å². The number of carboxylic acid groups (broad SMARTS) is 1. The highest BCUT2D eigenvalue weighted by Crippen LogP contribution is 2.21. The van der Waals surface area contributed by atoms with Crippen LogP contribution in [0.5, 0.6) is 0 Å². The van der Waals surface area contributed by atoms with Crippen molar-refractivity contribution in [1.82, 2.24) is 4.98 Å². The van der Waals surface area contributed by atoms with E-state index >= 15 is 0 Å². The summed E-state index contributed by atoms with van der Waals surface area (Å²) in [6, 6.07) is 5.85. The van der Waals surface area contributed by atoms with Crippen LogP contribution in [0.2, 0.25) is 0 Å². The summed E-state index contributed by atoms with van der Waals surface area (Å²) in [5.74, 6) is -0.425. The Bertz CT molecular complexity index is 598. The molecule has 20 heavy (non-hydrogen) atoms. The van der Waals surface area contributed by atoms with Gasteiger partial charge in [0.25, 0.3) is 0 Å². The number of nitrogens with zero attached hydrogens (tertiary/aromatic N) is 2. The Morgan fingerprint density at radius 2 is 2.35 bits per heavy atom. The number of anilines is 2. The van der Waals surface area contributed by atoms with E-state index in [0.717, 1.165) is 6.42 Å². The van der Waals surface area contributed by atoms with E-state index in [-0.39, 0.29) is 17.3 Å². The molecule has 0 aliphatic rings. The van der Waals surface area contributed by atoms with Crippen LogP contribution in [0.4, 0.5) is 11.5 Å². The van der Waals surface area contributed by atoms with Crippen molar-refractivity contribution in [2.24, 2.45) is 0 Å². The second kappa shape index (κ2) is 5.92. The topological polar surface area (TPSA) is 79.5 Å². The van der Waals surface area contributed by atoms with Crippen LogP contribution in [0, 0.1) is 0 Å². The van der Waals surface area contributed by atoms with Gasteiger partial charge in [0.1, 0.15) is 5.82 Å². The third kappa shape index (κ3) is 3.08. The van der Waals surface area contributed by atoms with E-state index < -0.39 is 5.97 Å². The van der Waals surface area contributed by atoms with Crippen LogP contribution in [0.1, 0.15) is 22.2 Å². The first-order valence-corrected chi connectivity index (χ1v) is 7.11. The number of aromatic carboxylic acids is 1. The summed E-state index contributed by atoms with van der Waals surface area (Å²) in [5, 5.41) is 11.1. The molecule has 106 valence electrons. The summed E-state index contributed by atoms with van der Waals surface area (Å²) in [5.41, 5.74) is 5.89. The van der Waals surface area contributed by atoms with Gasteiger partial charge in [-0.2, -0.15) is 0 Å². The lowest BCUT2D eigenvalue weighted by Gasteiger charge is -2.26. The van der Waals surface area contributed by atoms with E-state index in [9.17, 15) is 4.79 Å². The van der Waals surface area contributed by atoms with Crippen molar-refractivity contribution < 1.29 is 9.90 Å². The molecule has 3 N–H and O–H groups in total. The van der Waals surface area contributed by atoms with Crippen LogP contribution in [-0.2, 0) is 6.42 Å². The SMILES string of the molecule is CC(Cc1cccs1)N(C)c1cc(C(=O)O)c(N)cn1. The molecule has 6 heteroatoms. The molecule has 2 aromatic heterocycles. The van der Waals surface area contributed by atoms with Crippen molar-refractivity contribution in [1.29, 1.82) is 0 Å². The third-order valence-corrected chi connectivity index (χ3v) is 4.15. The number of carboxylic acids is 1. The lowest BCUT2D eigenvalue weighted by Crippen LogP contribution is -2.31. The molecule has 0 fully saturated rings. The van der Waals surface area contributed by atoms with E-state index in [2.05, 4.69) is 18.0 Å². The summed E-state index contributed by atoms with van der Waals surface area (Å²) in [4.78, 5) is 18.6. The Hall–Kier alpha value is -2.08. The van der Waals surface area contributed by atoms with Gasteiger partial charge in [-0.15, -0.1) is 11.3 Å². The van der Waals surface area contributed by atoms with Crippen LogP contribution in [0.25, 0.3) is 0 Å². The standard InChI is InChI=1S/C14H17N3O2S/c1-9(6-10-4-3-5-20-10)17(2)13-7-11(14(18)19)12(15)8-16-13/h3-5,7-9H,6,15H2,1-2H3,(H,18,19). The summed E-state index contributed by atoms with van der Waals surface area (Å²) < 4.78 is 0. The predicted molar refractivity (Wildman–Crippen MR) is 81.5 cm³/mol. The molecule has 0 amide bonds. The Morgan fingerprint density at radius 3 is 2.95 bits per heavy atom. The highest BCUT2D eigenvalue weighted by molar-refractivity contribution is 7.09. The minimum Gasteiger partial charge on any atom is -0.478 e. The minimum atomic E-state index is -1.04. The van der Waals surface area contributed by atoms with Gasteiger partial charge in [0.2, 0.25) is 0 Å². The largest absolute Gasteiger partial charge is 0.478 e. The smallest absolute Gasteiger partial charge is 0.337 e. The molecule has 0 aliphatic heterocycles. The van der Waals surface area contributed by atoms with Crippen LogP contribution >= 0.6 is 11.3 Å². The Kier molecular flexibility index (Phi) is 4.24. The van der Waals surface area contributed by atoms with Gasteiger partial charge in [0.15, 0.2) is 0 Å². The van der Waals surface area contributed by atoms with Crippen molar-refractivity contribution in [2.75, 3.05) is 17.7 Å². The summed E-state index contributed by atoms with van der Waals surface area (Å²) in [7, 11) is 1.91. The van der Waals surface area contributed by atoms with Crippen molar-refractivity contribution in [3.8, 4) is 0 Å². The van der Waals surface area contributed by atoms with E-state index in [0.29, 0.717) is 5.82 Å². The first-order valence-electron chi connectivity index (χ1n) is 6.23. The van der Waals surface area contributed by atoms with Gasteiger partial charge in [-0.3, -0.25) is 0 Å². The second-order valence-corrected chi connectivity index (χ2v) is 5.71. The normalized spacial score (nSPS) is 12.1. The summed E-state index contributed by atoms with van der Waals surface area (Å²) in [6.45, 7) is 2.08. The molecule has 0 spiro atoms.